The Labute approximate surface area is 190 Å². The van der Waals surface area contributed by atoms with E-state index in [0.29, 0.717) is 17.1 Å². The molecule has 174 valence electrons. The minimum Gasteiger partial charge on any atom is -0.493 e. The number of amides is 1. The first kappa shape index (κ1) is 23.9. The van der Waals surface area contributed by atoms with Crippen LogP contribution in [0.2, 0.25) is 0 Å². The van der Waals surface area contributed by atoms with E-state index in [-0.39, 0.29) is 29.7 Å². The van der Waals surface area contributed by atoms with Crippen LogP contribution in [0.15, 0.2) is 47.5 Å². The molecule has 0 radical (unpaired) electrons. The maximum atomic E-state index is 14.4. The second kappa shape index (κ2) is 9.79. The number of rotatable bonds is 9. The molecule has 0 fully saturated rings. The van der Waals surface area contributed by atoms with Crippen molar-refractivity contribution in [1.82, 2.24) is 9.97 Å². The lowest BCUT2D eigenvalue weighted by Gasteiger charge is -2.15. The van der Waals surface area contributed by atoms with E-state index in [4.69, 9.17) is 15.6 Å². The Balaban J connectivity index is 1.80. The van der Waals surface area contributed by atoms with Gasteiger partial charge in [-0.15, -0.1) is 0 Å². The third kappa shape index (κ3) is 6.37. The van der Waals surface area contributed by atoms with Crippen molar-refractivity contribution in [1.29, 1.82) is 0 Å². The Morgan fingerprint density at radius 3 is 2.45 bits per heavy atom. The summed E-state index contributed by atoms with van der Waals surface area (Å²) in [5.41, 5.74) is 7.60. The fourth-order valence-electron chi connectivity index (χ4n) is 3.04. The number of carbonyl (C=O) groups is 1. The highest BCUT2D eigenvalue weighted by atomic mass is 32.2. The molecule has 0 aliphatic heterocycles. The highest BCUT2D eigenvalue weighted by Gasteiger charge is 2.13. The first-order valence-corrected chi connectivity index (χ1v) is 11.3. The van der Waals surface area contributed by atoms with Crippen LogP contribution in [0.4, 0.5) is 27.5 Å². The molecule has 0 aliphatic carbocycles. The molecule has 6 N–H and O–H groups in total. The number of aryl methyl sites for hydroxylation is 2. The fourth-order valence-corrected chi connectivity index (χ4v) is 3.59. The van der Waals surface area contributed by atoms with Crippen LogP contribution in [-0.2, 0) is 14.8 Å². The number of benzene rings is 2. The van der Waals surface area contributed by atoms with Crippen molar-refractivity contribution >= 4 is 39.1 Å². The van der Waals surface area contributed by atoms with E-state index in [0.717, 1.165) is 17.3 Å². The third-order valence-electron chi connectivity index (χ3n) is 4.48. The number of hydrogen-bond acceptors (Lipinski definition) is 8. The molecule has 0 saturated carbocycles. The smallest absolute Gasteiger partial charge is 0.238 e. The van der Waals surface area contributed by atoms with Gasteiger partial charge in [0.05, 0.1) is 24.1 Å². The SMILES string of the molecule is Cc1cc(Nc2nc(Nc3cccc(S(N)(=O)=O)c3)ncc2F)cc(C)c1OCCC(N)=O. The molecule has 0 bridgehead atoms. The van der Waals surface area contributed by atoms with E-state index in [9.17, 15) is 17.6 Å². The van der Waals surface area contributed by atoms with Crippen molar-refractivity contribution in [3.63, 3.8) is 0 Å². The molecule has 10 nitrogen and oxygen atoms in total. The summed E-state index contributed by atoms with van der Waals surface area (Å²) in [7, 11) is -3.88. The van der Waals surface area contributed by atoms with Gasteiger partial charge < -0.3 is 21.1 Å². The number of nitrogens with one attached hydrogen (secondary N) is 2. The van der Waals surface area contributed by atoms with Crippen molar-refractivity contribution in [2.24, 2.45) is 10.9 Å². The summed E-state index contributed by atoms with van der Waals surface area (Å²) >= 11 is 0. The Kier molecular flexibility index (Phi) is 7.09. The van der Waals surface area contributed by atoms with Crippen molar-refractivity contribution in [2.75, 3.05) is 17.2 Å². The molecule has 0 unspecified atom stereocenters. The number of primary sulfonamides is 1. The van der Waals surface area contributed by atoms with Gasteiger partial charge in [0.15, 0.2) is 11.6 Å². The van der Waals surface area contributed by atoms with Crippen molar-refractivity contribution in [3.05, 3.63) is 59.5 Å². The molecule has 0 atom stereocenters. The third-order valence-corrected chi connectivity index (χ3v) is 5.39. The zero-order valence-corrected chi connectivity index (χ0v) is 18.7. The van der Waals surface area contributed by atoms with Gasteiger partial charge in [-0.3, -0.25) is 4.79 Å². The number of halogens is 1. The van der Waals surface area contributed by atoms with Gasteiger partial charge in [0.2, 0.25) is 21.9 Å². The van der Waals surface area contributed by atoms with Crippen LogP contribution in [0.25, 0.3) is 0 Å². The topological polar surface area (TPSA) is 162 Å². The molecule has 0 spiro atoms. The van der Waals surface area contributed by atoms with Crippen LogP contribution in [0.1, 0.15) is 17.5 Å². The maximum Gasteiger partial charge on any atom is 0.238 e. The number of carbonyl (C=O) groups excluding carboxylic acids is 1. The number of anilines is 4. The van der Waals surface area contributed by atoms with Gasteiger partial charge in [0.25, 0.3) is 0 Å². The van der Waals surface area contributed by atoms with Gasteiger partial charge >= 0.3 is 0 Å². The van der Waals surface area contributed by atoms with Gasteiger partial charge in [0.1, 0.15) is 5.75 Å². The lowest BCUT2D eigenvalue weighted by atomic mass is 10.1. The van der Waals surface area contributed by atoms with Crippen LogP contribution >= 0.6 is 0 Å². The van der Waals surface area contributed by atoms with Crippen LogP contribution < -0.4 is 26.2 Å². The molecule has 12 heteroatoms. The van der Waals surface area contributed by atoms with Gasteiger partial charge in [0, 0.05) is 11.4 Å². The van der Waals surface area contributed by atoms with Gasteiger partial charge in [-0.1, -0.05) is 6.07 Å². The molecule has 2 aromatic carbocycles. The molecule has 0 saturated heterocycles. The van der Waals surface area contributed by atoms with E-state index < -0.39 is 21.7 Å². The quantitative estimate of drug-likeness (QED) is 0.368. The summed E-state index contributed by atoms with van der Waals surface area (Å²) in [5, 5.41) is 10.9. The molecule has 1 amide bonds. The van der Waals surface area contributed by atoms with E-state index in [2.05, 4.69) is 20.6 Å². The minimum absolute atomic E-state index is 0.0466. The minimum atomic E-state index is -3.88. The number of ether oxygens (including phenoxy) is 1. The lowest BCUT2D eigenvalue weighted by molar-refractivity contribution is -0.118. The summed E-state index contributed by atoms with van der Waals surface area (Å²) < 4.78 is 43.1. The predicted molar refractivity (Wildman–Crippen MR) is 122 cm³/mol. The summed E-state index contributed by atoms with van der Waals surface area (Å²) in [4.78, 5) is 18.8. The molecule has 33 heavy (non-hydrogen) atoms. The summed E-state index contributed by atoms with van der Waals surface area (Å²) in [5.74, 6) is -0.566. The first-order chi connectivity index (χ1) is 15.5. The zero-order valence-electron chi connectivity index (χ0n) is 17.9. The van der Waals surface area contributed by atoms with Crippen LogP contribution in [-0.4, -0.2) is 30.9 Å². The number of nitrogens with two attached hydrogens (primary N) is 2. The second-order valence-electron chi connectivity index (χ2n) is 7.22. The number of aromatic nitrogens is 2. The Hall–Kier alpha value is -3.77. The Morgan fingerprint density at radius 1 is 1.12 bits per heavy atom. The summed E-state index contributed by atoms with van der Waals surface area (Å²) in [6, 6.07) is 9.26. The van der Waals surface area contributed by atoms with Gasteiger partial charge in [-0.05, 0) is 55.3 Å². The molecule has 0 aliphatic rings. The average Bonchev–Trinajstić information content (AvgIpc) is 2.72. The normalized spacial score (nSPS) is 11.2. The lowest BCUT2D eigenvalue weighted by Crippen LogP contribution is -2.15. The Morgan fingerprint density at radius 2 is 1.82 bits per heavy atom. The second-order valence-corrected chi connectivity index (χ2v) is 8.78. The van der Waals surface area contributed by atoms with Crippen molar-refractivity contribution < 1.29 is 22.3 Å². The van der Waals surface area contributed by atoms with Crippen molar-refractivity contribution in [3.8, 4) is 5.75 Å². The molecule has 1 aromatic heterocycles. The maximum absolute atomic E-state index is 14.4. The predicted octanol–water partition coefficient (Wildman–Crippen LogP) is 2.62. The number of sulfonamides is 1. The molecular formula is C21H23FN6O4S. The largest absolute Gasteiger partial charge is 0.493 e. The average molecular weight is 475 g/mol. The highest BCUT2D eigenvalue weighted by Crippen LogP contribution is 2.29. The molecular weight excluding hydrogens is 451 g/mol. The number of nitrogens with zero attached hydrogens (tertiary/aromatic N) is 2. The van der Waals surface area contributed by atoms with E-state index >= 15 is 0 Å². The number of hydrogen-bond donors (Lipinski definition) is 4. The van der Waals surface area contributed by atoms with Crippen molar-refractivity contribution in [2.45, 2.75) is 25.2 Å². The van der Waals surface area contributed by atoms with Crippen LogP contribution in [0.3, 0.4) is 0 Å². The van der Waals surface area contributed by atoms with E-state index in [1.807, 2.05) is 13.8 Å². The van der Waals surface area contributed by atoms with Gasteiger partial charge in [-0.25, -0.2) is 22.9 Å². The zero-order chi connectivity index (χ0) is 24.2. The van der Waals surface area contributed by atoms with E-state index in [1.54, 1.807) is 18.2 Å². The van der Waals surface area contributed by atoms with Crippen LogP contribution in [0, 0.1) is 19.7 Å². The van der Waals surface area contributed by atoms with E-state index in [1.165, 1.54) is 18.2 Å². The first-order valence-electron chi connectivity index (χ1n) is 9.75. The van der Waals surface area contributed by atoms with Crippen LogP contribution in [0.5, 0.6) is 5.75 Å². The molecule has 3 rings (SSSR count). The van der Waals surface area contributed by atoms with Gasteiger partial charge in [-0.2, -0.15) is 4.98 Å². The summed E-state index contributed by atoms with van der Waals surface area (Å²) in [6.45, 7) is 3.80. The molecule has 3 aromatic rings. The monoisotopic (exact) mass is 474 g/mol. The fraction of sp³-hybridized carbons (Fsp3) is 0.190. The highest BCUT2D eigenvalue weighted by molar-refractivity contribution is 7.89. The Bertz CT molecular complexity index is 1280. The standard InChI is InChI=1S/C21H23FN6O4S/c1-12-8-15(9-13(2)19(12)32-7-6-18(23)29)26-20-17(22)11-25-21(28-20)27-14-4-3-5-16(10-14)33(24,30)31/h3-5,8-11H,6-7H2,1-2H3,(H2,23,29)(H2,24,30,31)(H2,25,26,27,28). The summed E-state index contributed by atoms with van der Waals surface area (Å²) in [6.07, 6.45) is 1.09. The number of primary amides is 1. The molecule has 1 heterocycles.